The van der Waals surface area contributed by atoms with E-state index in [1.807, 2.05) is 44.2 Å². The third-order valence-corrected chi connectivity index (χ3v) is 4.57. The van der Waals surface area contributed by atoms with E-state index >= 15 is 0 Å². The van der Waals surface area contributed by atoms with Crippen LogP contribution in [0.2, 0.25) is 0 Å². The normalized spacial score (nSPS) is 18.2. The van der Waals surface area contributed by atoms with Gasteiger partial charge in [0.1, 0.15) is 0 Å². The van der Waals surface area contributed by atoms with Crippen LogP contribution in [0.4, 0.5) is 0 Å². The number of ether oxygens (including phenoxy) is 1. The Morgan fingerprint density at radius 2 is 2.00 bits per heavy atom. The maximum atomic E-state index is 12.4. The highest BCUT2D eigenvalue weighted by molar-refractivity contribution is 5.97. The molecule has 1 amide bonds. The van der Waals surface area contributed by atoms with Crippen LogP contribution < -0.4 is 5.32 Å². The molecule has 1 aromatic carbocycles. The largest absolute Gasteiger partial charge is 0.389 e. The molecule has 25 heavy (non-hydrogen) atoms. The highest BCUT2D eigenvalue weighted by Crippen LogP contribution is 2.13. The molecule has 1 aromatic rings. The summed E-state index contributed by atoms with van der Waals surface area (Å²) in [4.78, 5) is 14.6. The van der Waals surface area contributed by atoms with E-state index in [1.165, 1.54) is 5.56 Å². The summed E-state index contributed by atoms with van der Waals surface area (Å²) in [5.74, 6) is -0.00144. The number of rotatable bonds is 7. The monoisotopic (exact) mass is 346 g/mol. The quantitative estimate of drug-likeness (QED) is 0.741. The van der Waals surface area contributed by atoms with Gasteiger partial charge in [0.05, 0.1) is 12.7 Å². The summed E-state index contributed by atoms with van der Waals surface area (Å²) in [6.45, 7) is 6.65. The molecule has 0 aliphatic carbocycles. The average Bonchev–Trinajstić information content (AvgIpc) is 2.59. The molecule has 1 fully saturated rings. The molecule has 1 unspecified atom stereocenters. The van der Waals surface area contributed by atoms with Gasteiger partial charge in [0.2, 0.25) is 5.91 Å². The van der Waals surface area contributed by atoms with Crippen molar-refractivity contribution in [3.8, 4) is 0 Å². The Labute approximate surface area is 150 Å². The van der Waals surface area contributed by atoms with Crippen LogP contribution in [-0.4, -0.2) is 61.4 Å². The van der Waals surface area contributed by atoms with E-state index in [4.69, 9.17) is 4.74 Å². The average molecular weight is 346 g/mol. The zero-order valence-electron chi connectivity index (χ0n) is 15.5. The van der Waals surface area contributed by atoms with E-state index in [9.17, 15) is 9.90 Å². The van der Waals surface area contributed by atoms with Crippen LogP contribution in [0.5, 0.6) is 0 Å². The number of aliphatic hydroxyl groups is 1. The third kappa shape index (κ3) is 6.61. The van der Waals surface area contributed by atoms with Gasteiger partial charge in [0, 0.05) is 38.4 Å². The Bertz CT molecular complexity index is 575. The van der Waals surface area contributed by atoms with Crippen molar-refractivity contribution in [1.82, 2.24) is 10.2 Å². The Morgan fingerprint density at radius 1 is 1.36 bits per heavy atom. The Morgan fingerprint density at radius 3 is 2.60 bits per heavy atom. The van der Waals surface area contributed by atoms with Crippen molar-refractivity contribution < 1.29 is 14.6 Å². The van der Waals surface area contributed by atoms with E-state index in [2.05, 4.69) is 10.2 Å². The van der Waals surface area contributed by atoms with Crippen molar-refractivity contribution in [2.75, 3.05) is 33.4 Å². The van der Waals surface area contributed by atoms with Crippen molar-refractivity contribution in [1.29, 1.82) is 0 Å². The SMILES string of the molecule is COCC(O)CN1CCC(NC(=O)/C(C)=C/c2ccc(C)cc2)CC1. The number of amides is 1. The highest BCUT2D eigenvalue weighted by atomic mass is 16.5. The summed E-state index contributed by atoms with van der Waals surface area (Å²) < 4.78 is 4.96. The Kier molecular flexibility index (Phi) is 7.62. The number of piperidine rings is 1. The first kappa shape index (κ1) is 19.6. The number of aryl methyl sites for hydroxylation is 1. The molecule has 0 bridgehead atoms. The molecule has 1 saturated heterocycles. The van der Waals surface area contributed by atoms with Crippen molar-refractivity contribution >= 4 is 12.0 Å². The summed E-state index contributed by atoms with van der Waals surface area (Å²) in [6, 6.07) is 8.34. The number of nitrogens with one attached hydrogen (secondary N) is 1. The van der Waals surface area contributed by atoms with Gasteiger partial charge in [-0.1, -0.05) is 29.8 Å². The van der Waals surface area contributed by atoms with E-state index in [0.29, 0.717) is 13.2 Å². The molecule has 138 valence electrons. The summed E-state index contributed by atoms with van der Waals surface area (Å²) in [6.07, 6.45) is 3.29. The van der Waals surface area contributed by atoms with Crippen LogP contribution in [0, 0.1) is 6.92 Å². The number of aliphatic hydroxyl groups excluding tert-OH is 1. The summed E-state index contributed by atoms with van der Waals surface area (Å²) in [5.41, 5.74) is 2.98. The molecule has 1 heterocycles. The zero-order valence-corrected chi connectivity index (χ0v) is 15.5. The van der Waals surface area contributed by atoms with Crippen LogP contribution in [0.25, 0.3) is 6.08 Å². The second-order valence-corrected chi connectivity index (χ2v) is 6.90. The Balaban J connectivity index is 1.78. The highest BCUT2D eigenvalue weighted by Gasteiger charge is 2.22. The standard InChI is InChI=1S/C20H30N2O3/c1-15-4-6-17(7-5-15)12-16(2)20(24)21-18-8-10-22(11-9-18)13-19(23)14-25-3/h4-7,12,18-19,23H,8-11,13-14H2,1-3H3,(H,21,24)/b16-12+. The molecule has 2 rings (SSSR count). The number of benzene rings is 1. The number of carbonyl (C=O) groups is 1. The van der Waals surface area contributed by atoms with Gasteiger partial charge < -0.3 is 20.1 Å². The summed E-state index contributed by atoms with van der Waals surface area (Å²) in [5, 5.41) is 12.9. The lowest BCUT2D eigenvalue weighted by molar-refractivity contribution is -0.118. The molecule has 0 saturated carbocycles. The minimum absolute atomic E-state index is 0.00144. The number of methoxy groups -OCH3 is 1. The van der Waals surface area contributed by atoms with Crippen LogP contribution in [0.3, 0.4) is 0 Å². The molecule has 1 atom stereocenters. The van der Waals surface area contributed by atoms with Crippen molar-refractivity contribution in [2.45, 2.75) is 38.8 Å². The van der Waals surface area contributed by atoms with Gasteiger partial charge in [-0.3, -0.25) is 4.79 Å². The maximum absolute atomic E-state index is 12.4. The number of nitrogens with zero attached hydrogens (tertiary/aromatic N) is 1. The lowest BCUT2D eigenvalue weighted by atomic mass is 10.0. The van der Waals surface area contributed by atoms with E-state index in [-0.39, 0.29) is 11.9 Å². The fourth-order valence-corrected chi connectivity index (χ4v) is 3.08. The van der Waals surface area contributed by atoms with Gasteiger partial charge in [0.25, 0.3) is 0 Å². The molecular weight excluding hydrogens is 316 g/mol. The maximum Gasteiger partial charge on any atom is 0.247 e. The minimum atomic E-state index is -0.448. The second kappa shape index (κ2) is 9.70. The smallest absolute Gasteiger partial charge is 0.247 e. The van der Waals surface area contributed by atoms with E-state index in [1.54, 1.807) is 7.11 Å². The van der Waals surface area contributed by atoms with E-state index in [0.717, 1.165) is 37.1 Å². The number of hydrogen-bond acceptors (Lipinski definition) is 4. The van der Waals surface area contributed by atoms with Gasteiger partial charge in [-0.2, -0.15) is 0 Å². The minimum Gasteiger partial charge on any atom is -0.389 e. The summed E-state index contributed by atoms with van der Waals surface area (Å²) in [7, 11) is 1.59. The lowest BCUT2D eigenvalue weighted by Crippen LogP contribution is -2.47. The number of carbonyl (C=O) groups excluding carboxylic acids is 1. The first-order valence-electron chi connectivity index (χ1n) is 8.93. The number of likely N-dealkylation sites (tertiary alicyclic amines) is 1. The van der Waals surface area contributed by atoms with Crippen LogP contribution in [0.15, 0.2) is 29.8 Å². The van der Waals surface area contributed by atoms with Crippen molar-refractivity contribution in [3.63, 3.8) is 0 Å². The number of β-amino-alcohol motifs (C(OH)–C–C–N with tert-alkyl or cyclic N) is 1. The van der Waals surface area contributed by atoms with E-state index < -0.39 is 6.10 Å². The molecule has 5 heteroatoms. The summed E-state index contributed by atoms with van der Waals surface area (Å²) >= 11 is 0. The molecule has 0 spiro atoms. The molecule has 0 aromatic heterocycles. The van der Waals surface area contributed by atoms with Crippen LogP contribution in [0.1, 0.15) is 30.9 Å². The van der Waals surface area contributed by atoms with Crippen LogP contribution >= 0.6 is 0 Å². The van der Waals surface area contributed by atoms with Crippen LogP contribution in [-0.2, 0) is 9.53 Å². The fraction of sp³-hybridized carbons (Fsp3) is 0.550. The predicted molar refractivity (Wildman–Crippen MR) is 100 cm³/mol. The molecule has 0 radical (unpaired) electrons. The van der Waals surface area contributed by atoms with Crippen molar-refractivity contribution in [3.05, 3.63) is 41.0 Å². The van der Waals surface area contributed by atoms with Crippen molar-refractivity contribution in [2.24, 2.45) is 0 Å². The van der Waals surface area contributed by atoms with Gasteiger partial charge in [-0.25, -0.2) is 0 Å². The number of hydrogen-bond donors (Lipinski definition) is 2. The molecular formula is C20H30N2O3. The molecule has 1 aliphatic rings. The zero-order chi connectivity index (χ0) is 18.2. The lowest BCUT2D eigenvalue weighted by Gasteiger charge is -2.33. The third-order valence-electron chi connectivity index (χ3n) is 4.57. The molecule has 5 nitrogen and oxygen atoms in total. The van der Waals surface area contributed by atoms with Gasteiger partial charge in [-0.05, 0) is 38.3 Å². The van der Waals surface area contributed by atoms with Gasteiger partial charge in [0.15, 0.2) is 0 Å². The first-order chi connectivity index (χ1) is 12.0. The Hall–Kier alpha value is -1.69. The molecule has 1 aliphatic heterocycles. The predicted octanol–water partition coefficient (Wildman–Crippen LogP) is 1.99. The van der Waals surface area contributed by atoms with Gasteiger partial charge in [-0.15, -0.1) is 0 Å². The fourth-order valence-electron chi connectivity index (χ4n) is 3.08. The molecule has 2 N–H and O–H groups in total. The van der Waals surface area contributed by atoms with Gasteiger partial charge >= 0.3 is 0 Å². The second-order valence-electron chi connectivity index (χ2n) is 6.90. The first-order valence-corrected chi connectivity index (χ1v) is 8.93. The topological polar surface area (TPSA) is 61.8 Å².